The van der Waals surface area contributed by atoms with E-state index < -0.39 is 0 Å². The second kappa shape index (κ2) is 4.91. The molecule has 1 rings (SSSR count). The zero-order chi connectivity index (χ0) is 9.73. The molecule has 78 valence electrons. The molecule has 1 aliphatic heterocycles. The van der Waals surface area contributed by atoms with Crippen LogP contribution in [0.4, 0.5) is 0 Å². The van der Waals surface area contributed by atoms with Crippen LogP contribution in [0.2, 0.25) is 0 Å². The molecule has 1 aliphatic rings. The molecule has 0 aromatic carbocycles. The molecular formula is C9H21N3O. The van der Waals surface area contributed by atoms with Gasteiger partial charge in [-0.2, -0.15) is 0 Å². The van der Waals surface area contributed by atoms with Gasteiger partial charge in [0.1, 0.15) is 0 Å². The van der Waals surface area contributed by atoms with Crippen molar-refractivity contribution in [3.05, 3.63) is 0 Å². The molecule has 1 fully saturated rings. The Morgan fingerprint density at radius 3 is 2.77 bits per heavy atom. The van der Waals surface area contributed by atoms with Gasteiger partial charge in [-0.1, -0.05) is 0 Å². The first-order valence-electron chi connectivity index (χ1n) is 4.91. The summed E-state index contributed by atoms with van der Waals surface area (Å²) in [5.74, 6) is 0. The van der Waals surface area contributed by atoms with Gasteiger partial charge in [-0.15, -0.1) is 0 Å². The number of nitrogens with zero attached hydrogens (tertiary/aromatic N) is 1. The van der Waals surface area contributed by atoms with Crippen molar-refractivity contribution in [2.24, 2.45) is 5.73 Å². The topological polar surface area (TPSA) is 50.5 Å². The van der Waals surface area contributed by atoms with Crippen molar-refractivity contribution in [2.75, 3.05) is 33.9 Å². The van der Waals surface area contributed by atoms with Crippen molar-refractivity contribution in [3.63, 3.8) is 0 Å². The summed E-state index contributed by atoms with van der Waals surface area (Å²) >= 11 is 0. The summed E-state index contributed by atoms with van der Waals surface area (Å²) in [5, 5.41) is 1.98. The first kappa shape index (κ1) is 10.9. The van der Waals surface area contributed by atoms with Gasteiger partial charge in [0.2, 0.25) is 0 Å². The predicted octanol–water partition coefficient (Wildman–Crippen LogP) is -0.0494. The highest BCUT2D eigenvalue weighted by atomic mass is 16.5. The minimum Gasteiger partial charge on any atom is -0.381 e. The monoisotopic (exact) mass is 187 g/mol. The van der Waals surface area contributed by atoms with Gasteiger partial charge in [0.15, 0.2) is 0 Å². The van der Waals surface area contributed by atoms with Crippen molar-refractivity contribution in [1.82, 2.24) is 10.4 Å². The lowest BCUT2D eigenvalue weighted by Crippen LogP contribution is -2.56. The van der Waals surface area contributed by atoms with E-state index in [0.29, 0.717) is 6.54 Å². The van der Waals surface area contributed by atoms with Gasteiger partial charge in [-0.25, -0.2) is 5.43 Å². The van der Waals surface area contributed by atoms with Crippen LogP contribution in [-0.2, 0) is 4.74 Å². The summed E-state index contributed by atoms with van der Waals surface area (Å²) in [6, 6.07) is 0. The number of hydrogen-bond acceptors (Lipinski definition) is 4. The third kappa shape index (κ3) is 3.23. The maximum absolute atomic E-state index is 5.81. The fourth-order valence-electron chi connectivity index (χ4n) is 1.84. The van der Waals surface area contributed by atoms with E-state index in [0.717, 1.165) is 32.5 Å². The summed E-state index contributed by atoms with van der Waals surface area (Å²) in [6.45, 7) is 2.36. The number of hydrogen-bond donors (Lipinski definition) is 2. The second-order valence-corrected chi connectivity index (χ2v) is 3.96. The molecule has 0 amide bonds. The van der Waals surface area contributed by atoms with Gasteiger partial charge in [0.05, 0.1) is 0 Å². The molecule has 4 heteroatoms. The lowest BCUT2D eigenvalue weighted by atomic mass is 9.91. The highest BCUT2D eigenvalue weighted by Crippen LogP contribution is 2.20. The molecule has 0 aromatic rings. The van der Waals surface area contributed by atoms with Gasteiger partial charge >= 0.3 is 0 Å². The Morgan fingerprint density at radius 1 is 1.38 bits per heavy atom. The van der Waals surface area contributed by atoms with Crippen molar-refractivity contribution in [2.45, 2.75) is 24.8 Å². The molecule has 0 aliphatic carbocycles. The normalized spacial score (nSPS) is 30.5. The summed E-state index contributed by atoms with van der Waals surface area (Å²) in [4.78, 5) is 0. The number of hydrazine groups is 1. The van der Waals surface area contributed by atoms with Crippen LogP contribution in [0, 0.1) is 0 Å². The summed E-state index contributed by atoms with van der Waals surface area (Å²) in [7, 11) is 4.01. The van der Waals surface area contributed by atoms with E-state index in [4.69, 9.17) is 10.5 Å². The highest BCUT2D eigenvalue weighted by molar-refractivity contribution is 4.88. The molecule has 1 heterocycles. The van der Waals surface area contributed by atoms with Crippen LogP contribution in [0.1, 0.15) is 19.3 Å². The molecule has 1 atom stereocenters. The molecule has 0 radical (unpaired) electrons. The van der Waals surface area contributed by atoms with Crippen LogP contribution in [0.25, 0.3) is 0 Å². The van der Waals surface area contributed by atoms with Crippen molar-refractivity contribution in [3.8, 4) is 0 Å². The predicted molar refractivity (Wildman–Crippen MR) is 53.3 cm³/mol. The van der Waals surface area contributed by atoms with E-state index in [1.165, 1.54) is 0 Å². The summed E-state index contributed by atoms with van der Waals surface area (Å²) < 4.78 is 5.42. The third-order valence-electron chi connectivity index (χ3n) is 2.52. The number of nitrogens with two attached hydrogens (primary N) is 1. The average molecular weight is 187 g/mol. The molecule has 0 aromatic heterocycles. The van der Waals surface area contributed by atoms with E-state index in [9.17, 15) is 0 Å². The Labute approximate surface area is 80.4 Å². The van der Waals surface area contributed by atoms with E-state index in [2.05, 4.69) is 5.43 Å². The average Bonchev–Trinajstić information content (AvgIpc) is 2.30. The van der Waals surface area contributed by atoms with Crippen LogP contribution in [-0.4, -0.2) is 44.4 Å². The molecule has 3 N–H and O–H groups in total. The summed E-state index contributed by atoms with van der Waals surface area (Å²) in [5.41, 5.74) is 9.28. The third-order valence-corrected chi connectivity index (χ3v) is 2.52. The molecule has 0 saturated carbocycles. The smallest absolute Gasteiger partial charge is 0.0484 e. The maximum Gasteiger partial charge on any atom is 0.0484 e. The first-order chi connectivity index (χ1) is 6.18. The van der Waals surface area contributed by atoms with Crippen molar-refractivity contribution >= 4 is 0 Å². The van der Waals surface area contributed by atoms with Crippen molar-refractivity contribution in [1.29, 1.82) is 0 Å². The van der Waals surface area contributed by atoms with E-state index >= 15 is 0 Å². The fourth-order valence-corrected chi connectivity index (χ4v) is 1.84. The van der Waals surface area contributed by atoms with Gasteiger partial charge in [-0.3, -0.25) is 5.01 Å². The van der Waals surface area contributed by atoms with Crippen LogP contribution in [0.3, 0.4) is 0 Å². The molecule has 1 unspecified atom stereocenters. The molecule has 1 saturated heterocycles. The van der Waals surface area contributed by atoms with Crippen LogP contribution in [0.15, 0.2) is 0 Å². The standard InChI is InChI=1S/C9H21N3O/c1-12(2)11-9(8-10)4-3-6-13-7-5-9/h11H,3-8,10H2,1-2H3. The molecule has 13 heavy (non-hydrogen) atoms. The van der Waals surface area contributed by atoms with Gasteiger partial charge in [0.25, 0.3) is 0 Å². The highest BCUT2D eigenvalue weighted by Gasteiger charge is 2.29. The zero-order valence-corrected chi connectivity index (χ0v) is 8.68. The Morgan fingerprint density at radius 2 is 2.15 bits per heavy atom. The van der Waals surface area contributed by atoms with Crippen LogP contribution >= 0.6 is 0 Å². The quantitative estimate of drug-likeness (QED) is 0.608. The molecule has 4 nitrogen and oxygen atoms in total. The number of nitrogens with one attached hydrogen (secondary N) is 1. The minimum absolute atomic E-state index is 0.0556. The van der Waals surface area contributed by atoms with Crippen molar-refractivity contribution < 1.29 is 4.74 Å². The lowest BCUT2D eigenvalue weighted by Gasteiger charge is -2.35. The van der Waals surface area contributed by atoms with Gasteiger partial charge < -0.3 is 10.5 Å². The van der Waals surface area contributed by atoms with E-state index in [1.807, 2.05) is 19.1 Å². The van der Waals surface area contributed by atoms with E-state index in [1.54, 1.807) is 0 Å². The molecule has 0 bridgehead atoms. The fraction of sp³-hybridized carbons (Fsp3) is 1.00. The Balaban J connectivity index is 2.53. The second-order valence-electron chi connectivity index (χ2n) is 3.96. The van der Waals surface area contributed by atoms with Gasteiger partial charge in [-0.05, 0) is 19.3 Å². The lowest BCUT2D eigenvalue weighted by molar-refractivity contribution is 0.115. The van der Waals surface area contributed by atoms with E-state index in [-0.39, 0.29) is 5.54 Å². The van der Waals surface area contributed by atoms with Gasteiger partial charge in [0, 0.05) is 39.4 Å². The SMILES string of the molecule is CN(C)NC1(CN)CCCOCC1. The Hall–Kier alpha value is -0.160. The molecule has 0 spiro atoms. The van der Waals surface area contributed by atoms with Crippen LogP contribution in [0.5, 0.6) is 0 Å². The first-order valence-corrected chi connectivity index (χ1v) is 4.91. The largest absolute Gasteiger partial charge is 0.381 e. The Bertz CT molecular complexity index is 142. The number of ether oxygens (including phenoxy) is 1. The Kier molecular flexibility index (Phi) is 4.12. The molecular weight excluding hydrogens is 166 g/mol. The maximum atomic E-state index is 5.81. The zero-order valence-electron chi connectivity index (χ0n) is 8.68. The summed E-state index contributed by atoms with van der Waals surface area (Å²) in [6.07, 6.45) is 3.20. The minimum atomic E-state index is 0.0556. The van der Waals surface area contributed by atoms with Crippen LogP contribution < -0.4 is 11.2 Å². The number of rotatable bonds is 3.